The van der Waals surface area contributed by atoms with E-state index in [0.717, 1.165) is 0 Å². The van der Waals surface area contributed by atoms with Crippen LogP contribution in [0.4, 0.5) is 0 Å². The van der Waals surface area contributed by atoms with E-state index in [0.29, 0.717) is 5.78 Å². The van der Waals surface area contributed by atoms with Crippen LogP contribution in [0.25, 0.3) is 5.78 Å². The van der Waals surface area contributed by atoms with E-state index in [1.54, 1.807) is 0 Å². The molecule has 0 aromatic carbocycles. The molecule has 0 unspecified atom stereocenters. The maximum atomic E-state index is 3.65. The summed E-state index contributed by atoms with van der Waals surface area (Å²) in [6.07, 6.45) is 1.27. The van der Waals surface area contributed by atoms with E-state index in [-0.39, 0.29) is 0 Å². The van der Waals surface area contributed by atoms with Crippen LogP contribution < -0.4 is 0 Å². The molecule has 0 radical (unpaired) electrons. The largest absolute Gasteiger partial charge is 0.309 e. The molecule has 0 aliphatic heterocycles. The summed E-state index contributed by atoms with van der Waals surface area (Å²) in [6.45, 7) is 0. The molecule has 0 atom stereocenters. The Balaban J connectivity index is 2.95. The first kappa shape index (κ1) is 4.24. The zero-order chi connectivity index (χ0) is 6.10. The Morgan fingerprint density at radius 2 is 2.33 bits per heavy atom. The number of aromatic nitrogens is 7. The molecule has 0 saturated carbocycles. The van der Waals surface area contributed by atoms with Crippen molar-refractivity contribution in [1.29, 1.82) is 0 Å². The molecule has 9 heavy (non-hydrogen) atoms. The van der Waals surface area contributed by atoms with E-state index in [1.807, 2.05) is 0 Å². The van der Waals surface area contributed by atoms with Crippen LogP contribution in [-0.4, -0.2) is 35.5 Å². The third-order valence-electron chi connectivity index (χ3n) is 0.798. The maximum absolute atomic E-state index is 3.65. The summed E-state index contributed by atoms with van der Waals surface area (Å²) in [5.74, 6) is 0.303. The number of fused-ring (bicyclic) bond motifs is 1. The molecule has 2 rings (SSSR count). The first-order valence-corrected chi connectivity index (χ1v) is 2.19. The molecule has 2 aromatic heterocycles. The van der Waals surface area contributed by atoms with Crippen molar-refractivity contribution >= 4 is 5.78 Å². The molecule has 0 bridgehead atoms. The minimum absolute atomic E-state index is 0.303. The zero-order valence-electron chi connectivity index (χ0n) is 4.21. The van der Waals surface area contributed by atoms with Gasteiger partial charge < -0.3 is 0 Å². The van der Waals surface area contributed by atoms with Crippen molar-refractivity contribution in [2.75, 3.05) is 0 Å². The predicted octanol–water partition coefficient (Wildman–Crippen LogP) is -1.69. The molecule has 0 fully saturated rings. The minimum Gasteiger partial charge on any atom is -0.133 e. The van der Waals surface area contributed by atoms with Crippen LogP contribution >= 0.6 is 0 Å². The molecule has 7 nitrogen and oxygen atoms in total. The van der Waals surface area contributed by atoms with E-state index in [1.165, 1.54) is 11.0 Å². The Morgan fingerprint density at radius 3 is 3.22 bits per heavy atom. The van der Waals surface area contributed by atoms with Gasteiger partial charge in [0.05, 0.1) is 0 Å². The van der Waals surface area contributed by atoms with Gasteiger partial charge in [0.1, 0.15) is 0 Å². The number of tetrazole rings is 1. The van der Waals surface area contributed by atoms with E-state index in [9.17, 15) is 0 Å². The first-order valence-electron chi connectivity index (χ1n) is 2.19. The topological polar surface area (TPSA) is 81.8 Å². The monoisotopic (exact) mass is 123 g/mol. The van der Waals surface area contributed by atoms with Gasteiger partial charge in [-0.25, -0.2) is 0 Å². The van der Waals surface area contributed by atoms with Crippen molar-refractivity contribution in [2.45, 2.75) is 0 Å². The SMILES string of the molecule is c1nnc2nnnn2n1. The van der Waals surface area contributed by atoms with Crippen LogP contribution in [0.2, 0.25) is 0 Å². The average molecular weight is 123 g/mol. The second-order valence-electron chi connectivity index (χ2n) is 1.31. The van der Waals surface area contributed by atoms with Crippen molar-refractivity contribution in [3.63, 3.8) is 0 Å². The third-order valence-corrected chi connectivity index (χ3v) is 0.798. The standard InChI is InChI=1S/C2HN7/c1-3-5-2-6-7-8-9(2)4-1/h1H. The number of hydrogen-bond acceptors (Lipinski definition) is 6. The number of hydrogen-bond donors (Lipinski definition) is 0. The van der Waals surface area contributed by atoms with Gasteiger partial charge in [-0.1, -0.05) is 9.73 Å². The second kappa shape index (κ2) is 1.41. The third kappa shape index (κ3) is 0.507. The quantitative estimate of drug-likeness (QED) is 0.415. The zero-order valence-corrected chi connectivity index (χ0v) is 4.21. The summed E-state index contributed by atoms with van der Waals surface area (Å²) in [4.78, 5) is 0. The van der Waals surface area contributed by atoms with Crippen molar-refractivity contribution in [3.05, 3.63) is 6.33 Å². The Hall–Kier alpha value is -1.66. The number of nitrogens with zero attached hydrogens (tertiary/aromatic N) is 7. The Morgan fingerprint density at radius 1 is 1.33 bits per heavy atom. The van der Waals surface area contributed by atoms with Crippen LogP contribution in [0.15, 0.2) is 6.33 Å². The fourth-order valence-corrected chi connectivity index (χ4v) is 0.462. The lowest BCUT2D eigenvalue weighted by Crippen LogP contribution is -1.96. The van der Waals surface area contributed by atoms with Crippen LogP contribution in [0, 0.1) is 0 Å². The molecule has 0 spiro atoms. The lowest BCUT2D eigenvalue weighted by molar-refractivity contribution is 0.703. The van der Waals surface area contributed by atoms with Gasteiger partial charge in [0, 0.05) is 0 Å². The first-order chi connectivity index (χ1) is 4.47. The van der Waals surface area contributed by atoms with Crippen LogP contribution in [0.1, 0.15) is 0 Å². The summed E-state index contributed by atoms with van der Waals surface area (Å²) >= 11 is 0. The van der Waals surface area contributed by atoms with Gasteiger partial charge in [-0.05, 0) is 10.4 Å². The molecule has 0 amide bonds. The minimum atomic E-state index is 0.303. The maximum Gasteiger partial charge on any atom is 0.309 e. The lowest BCUT2D eigenvalue weighted by Gasteiger charge is -1.79. The van der Waals surface area contributed by atoms with Gasteiger partial charge in [0.2, 0.25) is 0 Å². The number of rotatable bonds is 0. The van der Waals surface area contributed by atoms with E-state index in [2.05, 4.69) is 30.8 Å². The summed E-state index contributed by atoms with van der Waals surface area (Å²) in [5.41, 5.74) is 0. The molecule has 0 saturated heterocycles. The second-order valence-corrected chi connectivity index (χ2v) is 1.31. The highest BCUT2D eigenvalue weighted by Gasteiger charge is 1.93. The molecule has 0 N–H and O–H groups in total. The summed E-state index contributed by atoms with van der Waals surface area (Å²) in [5, 5.41) is 20.9. The normalized spacial score (nSPS) is 10.2. The fraction of sp³-hybridized carbons (Fsp3) is 0. The summed E-state index contributed by atoms with van der Waals surface area (Å²) in [7, 11) is 0. The predicted molar refractivity (Wildman–Crippen MR) is 24.2 cm³/mol. The Kier molecular flexibility index (Phi) is 0.663. The molecular weight excluding hydrogens is 122 g/mol. The van der Waals surface area contributed by atoms with Gasteiger partial charge in [-0.3, -0.25) is 0 Å². The van der Waals surface area contributed by atoms with E-state index in [4.69, 9.17) is 0 Å². The smallest absolute Gasteiger partial charge is 0.133 e. The summed E-state index contributed by atoms with van der Waals surface area (Å²) < 4.78 is 1.19. The van der Waals surface area contributed by atoms with Crippen LogP contribution in [0.5, 0.6) is 0 Å². The van der Waals surface area contributed by atoms with Crippen LogP contribution in [-0.2, 0) is 0 Å². The van der Waals surface area contributed by atoms with E-state index < -0.39 is 0 Å². The van der Waals surface area contributed by atoms with Gasteiger partial charge in [-0.15, -0.1) is 15.3 Å². The Labute approximate surface area is 48.7 Å². The lowest BCUT2D eigenvalue weighted by atomic mass is 11.2. The van der Waals surface area contributed by atoms with Crippen molar-refractivity contribution in [1.82, 2.24) is 35.5 Å². The Bertz CT molecular complexity index is 281. The summed E-state index contributed by atoms with van der Waals surface area (Å²) in [6, 6.07) is 0. The van der Waals surface area contributed by atoms with Crippen LogP contribution in [0.3, 0.4) is 0 Å². The average Bonchev–Trinajstić information content (AvgIpc) is 2.33. The highest BCUT2D eigenvalue weighted by atomic mass is 15.6. The molecule has 2 heterocycles. The molecular formula is C2HN7. The van der Waals surface area contributed by atoms with Gasteiger partial charge >= 0.3 is 5.78 Å². The molecule has 0 aliphatic rings. The van der Waals surface area contributed by atoms with Crippen molar-refractivity contribution < 1.29 is 0 Å². The molecule has 0 aliphatic carbocycles. The van der Waals surface area contributed by atoms with Crippen molar-refractivity contribution in [3.8, 4) is 0 Å². The highest BCUT2D eigenvalue weighted by molar-refractivity contribution is 5.14. The van der Waals surface area contributed by atoms with E-state index >= 15 is 0 Å². The van der Waals surface area contributed by atoms with Gasteiger partial charge in [0.15, 0.2) is 6.33 Å². The molecule has 44 valence electrons. The van der Waals surface area contributed by atoms with Gasteiger partial charge in [0.25, 0.3) is 0 Å². The molecule has 7 heteroatoms. The fourth-order valence-electron chi connectivity index (χ4n) is 0.462. The highest BCUT2D eigenvalue weighted by Crippen LogP contribution is 1.77. The molecule has 2 aromatic rings. The van der Waals surface area contributed by atoms with Crippen molar-refractivity contribution in [2.24, 2.45) is 0 Å². The van der Waals surface area contributed by atoms with Gasteiger partial charge in [-0.2, -0.15) is 0 Å².